The summed E-state index contributed by atoms with van der Waals surface area (Å²) in [5, 5.41) is 0. The van der Waals surface area contributed by atoms with Gasteiger partial charge in [0.2, 0.25) is 5.91 Å². The molecule has 21 heavy (non-hydrogen) atoms. The van der Waals surface area contributed by atoms with Crippen LogP contribution in [0.15, 0.2) is 30.3 Å². The zero-order valence-corrected chi connectivity index (χ0v) is 13.5. The molecule has 0 aromatic heterocycles. The number of ether oxygens (including phenoxy) is 1. The molecule has 0 bridgehead atoms. The van der Waals surface area contributed by atoms with Gasteiger partial charge in [0.15, 0.2) is 0 Å². The molecule has 1 unspecified atom stereocenters. The SMILES string of the molecule is CC(C)(C)C(=O)N1CCCC(COCc2ccccc2)C1. The molecule has 3 nitrogen and oxygen atoms in total. The van der Waals surface area contributed by atoms with Crippen LogP contribution in [0.25, 0.3) is 0 Å². The van der Waals surface area contributed by atoms with Gasteiger partial charge in [-0.2, -0.15) is 0 Å². The quantitative estimate of drug-likeness (QED) is 0.849. The van der Waals surface area contributed by atoms with Crippen molar-refractivity contribution in [3.05, 3.63) is 35.9 Å². The molecule has 1 aromatic rings. The molecule has 116 valence electrons. The van der Waals surface area contributed by atoms with Crippen molar-refractivity contribution in [1.82, 2.24) is 4.90 Å². The summed E-state index contributed by atoms with van der Waals surface area (Å²) in [7, 11) is 0. The van der Waals surface area contributed by atoms with Crippen LogP contribution in [-0.4, -0.2) is 30.5 Å². The third-order valence-corrected chi connectivity index (χ3v) is 3.91. The number of carbonyl (C=O) groups excluding carboxylic acids is 1. The van der Waals surface area contributed by atoms with Gasteiger partial charge < -0.3 is 9.64 Å². The number of likely N-dealkylation sites (tertiary alicyclic amines) is 1. The maximum atomic E-state index is 12.3. The third-order valence-electron chi connectivity index (χ3n) is 3.91. The van der Waals surface area contributed by atoms with Gasteiger partial charge in [0.1, 0.15) is 0 Å². The average molecular weight is 289 g/mol. The Morgan fingerprint density at radius 1 is 1.29 bits per heavy atom. The maximum Gasteiger partial charge on any atom is 0.227 e. The lowest BCUT2D eigenvalue weighted by Crippen LogP contribution is -2.46. The molecule has 1 aliphatic heterocycles. The molecule has 1 amide bonds. The highest BCUT2D eigenvalue weighted by atomic mass is 16.5. The van der Waals surface area contributed by atoms with Crippen molar-refractivity contribution >= 4 is 5.91 Å². The van der Waals surface area contributed by atoms with E-state index in [0.717, 1.165) is 32.5 Å². The normalized spacial score (nSPS) is 19.6. The van der Waals surface area contributed by atoms with Crippen LogP contribution in [-0.2, 0) is 16.1 Å². The van der Waals surface area contributed by atoms with Gasteiger partial charge in [0.25, 0.3) is 0 Å². The minimum absolute atomic E-state index is 0.259. The standard InChI is InChI=1S/C18H27NO2/c1-18(2,3)17(20)19-11-7-10-16(12-19)14-21-13-15-8-5-4-6-9-15/h4-6,8-9,16H,7,10-14H2,1-3H3. The topological polar surface area (TPSA) is 29.5 Å². The highest BCUT2D eigenvalue weighted by molar-refractivity contribution is 5.81. The number of rotatable bonds is 4. The van der Waals surface area contributed by atoms with E-state index in [1.165, 1.54) is 5.56 Å². The molecule has 0 radical (unpaired) electrons. The van der Waals surface area contributed by atoms with E-state index < -0.39 is 0 Å². The van der Waals surface area contributed by atoms with Gasteiger partial charge in [-0.1, -0.05) is 51.1 Å². The first-order chi connectivity index (χ1) is 9.97. The number of hydrogen-bond acceptors (Lipinski definition) is 2. The number of hydrogen-bond donors (Lipinski definition) is 0. The second-order valence-electron chi connectivity index (χ2n) is 7.01. The first-order valence-corrected chi connectivity index (χ1v) is 7.88. The smallest absolute Gasteiger partial charge is 0.227 e. The fourth-order valence-electron chi connectivity index (χ4n) is 2.78. The van der Waals surface area contributed by atoms with Crippen molar-refractivity contribution in [2.75, 3.05) is 19.7 Å². The molecule has 1 aromatic carbocycles. The van der Waals surface area contributed by atoms with Crippen LogP contribution in [0.3, 0.4) is 0 Å². The van der Waals surface area contributed by atoms with Crippen LogP contribution in [0, 0.1) is 11.3 Å². The lowest BCUT2D eigenvalue weighted by atomic mass is 9.91. The van der Waals surface area contributed by atoms with Crippen LogP contribution in [0.4, 0.5) is 0 Å². The Balaban J connectivity index is 1.78. The van der Waals surface area contributed by atoms with E-state index in [1.54, 1.807) is 0 Å². The molecule has 1 saturated heterocycles. The molecule has 1 fully saturated rings. The van der Waals surface area contributed by atoms with Crippen LogP contribution >= 0.6 is 0 Å². The van der Waals surface area contributed by atoms with Crippen molar-refractivity contribution in [2.45, 2.75) is 40.2 Å². The summed E-state index contributed by atoms with van der Waals surface area (Å²) in [6.45, 7) is 9.10. The highest BCUT2D eigenvalue weighted by Gasteiger charge is 2.30. The van der Waals surface area contributed by atoms with Gasteiger partial charge in [0.05, 0.1) is 13.2 Å². The molecule has 1 aliphatic rings. The number of benzene rings is 1. The zero-order chi connectivity index (χ0) is 15.3. The molecule has 0 N–H and O–H groups in total. The highest BCUT2D eigenvalue weighted by Crippen LogP contribution is 2.23. The monoisotopic (exact) mass is 289 g/mol. The average Bonchev–Trinajstić information content (AvgIpc) is 2.47. The number of nitrogens with zero attached hydrogens (tertiary/aromatic N) is 1. The molecule has 1 heterocycles. The summed E-state index contributed by atoms with van der Waals surface area (Å²) in [5.74, 6) is 0.726. The lowest BCUT2D eigenvalue weighted by Gasteiger charge is -2.36. The fourth-order valence-corrected chi connectivity index (χ4v) is 2.78. The summed E-state index contributed by atoms with van der Waals surface area (Å²) in [4.78, 5) is 14.4. The van der Waals surface area contributed by atoms with E-state index in [1.807, 2.05) is 43.9 Å². The summed E-state index contributed by atoms with van der Waals surface area (Å²) >= 11 is 0. The lowest BCUT2D eigenvalue weighted by molar-refractivity contribution is -0.141. The predicted octanol–water partition coefficient (Wildman–Crippen LogP) is 3.49. The Labute approximate surface area is 128 Å². The van der Waals surface area contributed by atoms with Gasteiger partial charge in [-0.3, -0.25) is 4.79 Å². The second-order valence-corrected chi connectivity index (χ2v) is 7.01. The van der Waals surface area contributed by atoms with E-state index in [-0.39, 0.29) is 11.3 Å². The molecule has 2 rings (SSSR count). The fraction of sp³-hybridized carbons (Fsp3) is 0.611. The summed E-state index contributed by atoms with van der Waals surface area (Å²) < 4.78 is 5.83. The molecular weight excluding hydrogens is 262 g/mol. The zero-order valence-electron chi connectivity index (χ0n) is 13.5. The second kappa shape index (κ2) is 7.08. The van der Waals surface area contributed by atoms with Gasteiger partial charge in [-0.15, -0.1) is 0 Å². The van der Waals surface area contributed by atoms with Crippen molar-refractivity contribution in [3.63, 3.8) is 0 Å². The van der Waals surface area contributed by atoms with E-state index >= 15 is 0 Å². The van der Waals surface area contributed by atoms with E-state index in [0.29, 0.717) is 12.5 Å². The third kappa shape index (κ3) is 4.85. The molecule has 3 heteroatoms. The molecular formula is C18H27NO2. The van der Waals surface area contributed by atoms with Crippen LogP contribution in [0.2, 0.25) is 0 Å². The van der Waals surface area contributed by atoms with E-state index in [2.05, 4.69) is 12.1 Å². The van der Waals surface area contributed by atoms with Gasteiger partial charge >= 0.3 is 0 Å². The van der Waals surface area contributed by atoms with E-state index in [9.17, 15) is 4.79 Å². The van der Waals surface area contributed by atoms with Gasteiger partial charge in [-0.05, 0) is 24.3 Å². The largest absolute Gasteiger partial charge is 0.376 e. The Bertz CT molecular complexity index is 450. The summed E-state index contributed by atoms with van der Waals surface area (Å²) in [6.07, 6.45) is 2.24. The van der Waals surface area contributed by atoms with E-state index in [4.69, 9.17) is 4.74 Å². The van der Waals surface area contributed by atoms with Crippen LogP contribution < -0.4 is 0 Å². The molecule has 0 saturated carbocycles. The van der Waals surface area contributed by atoms with Crippen molar-refractivity contribution in [2.24, 2.45) is 11.3 Å². The minimum Gasteiger partial charge on any atom is -0.376 e. The number of amides is 1. The first-order valence-electron chi connectivity index (χ1n) is 7.88. The van der Waals surface area contributed by atoms with Gasteiger partial charge in [-0.25, -0.2) is 0 Å². The van der Waals surface area contributed by atoms with Crippen molar-refractivity contribution in [1.29, 1.82) is 0 Å². The predicted molar refractivity (Wildman–Crippen MR) is 84.9 cm³/mol. The summed E-state index contributed by atoms with van der Waals surface area (Å²) in [6, 6.07) is 10.2. The Morgan fingerprint density at radius 3 is 2.67 bits per heavy atom. The Kier molecular flexibility index (Phi) is 5.40. The van der Waals surface area contributed by atoms with Crippen molar-refractivity contribution < 1.29 is 9.53 Å². The summed E-state index contributed by atoms with van der Waals surface area (Å²) in [5.41, 5.74) is 0.920. The van der Waals surface area contributed by atoms with Gasteiger partial charge in [0, 0.05) is 18.5 Å². The molecule has 1 atom stereocenters. The Hall–Kier alpha value is -1.35. The molecule has 0 aliphatic carbocycles. The first kappa shape index (κ1) is 16.0. The number of piperidine rings is 1. The maximum absolute atomic E-state index is 12.3. The Morgan fingerprint density at radius 2 is 2.00 bits per heavy atom. The van der Waals surface area contributed by atoms with Crippen LogP contribution in [0.1, 0.15) is 39.2 Å². The van der Waals surface area contributed by atoms with Crippen molar-refractivity contribution in [3.8, 4) is 0 Å². The molecule has 0 spiro atoms. The minimum atomic E-state index is -0.285. The number of carbonyl (C=O) groups is 1. The van der Waals surface area contributed by atoms with Crippen LogP contribution in [0.5, 0.6) is 0 Å².